The molecule has 2 heterocycles. The number of esters is 1. The summed E-state index contributed by atoms with van der Waals surface area (Å²) in [7, 11) is 0. The van der Waals surface area contributed by atoms with Gasteiger partial charge in [0.2, 0.25) is 11.8 Å². The third kappa shape index (κ3) is 2.69. The van der Waals surface area contributed by atoms with E-state index in [2.05, 4.69) is 10.5 Å². The molecule has 136 valence electrons. The van der Waals surface area contributed by atoms with Gasteiger partial charge >= 0.3 is 5.97 Å². The predicted molar refractivity (Wildman–Crippen MR) is 85.3 cm³/mol. The second-order valence-corrected chi connectivity index (χ2v) is 6.79. The molecule has 1 aliphatic heterocycles. The Bertz CT molecular complexity index is 798. The van der Waals surface area contributed by atoms with Crippen LogP contribution in [0.5, 0.6) is 0 Å². The zero-order valence-corrected chi connectivity index (χ0v) is 14.0. The molecule has 1 aromatic rings. The summed E-state index contributed by atoms with van der Waals surface area (Å²) in [6, 6.07) is 1.52. The van der Waals surface area contributed by atoms with Gasteiger partial charge in [-0.25, -0.2) is 0 Å². The second-order valence-electron chi connectivity index (χ2n) is 6.79. The lowest BCUT2D eigenvalue weighted by molar-refractivity contribution is -0.154. The maximum absolute atomic E-state index is 12.5. The lowest BCUT2D eigenvalue weighted by Gasteiger charge is -2.16. The van der Waals surface area contributed by atoms with Crippen LogP contribution in [0.1, 0.15) is 12.2 Å². The first-order chi connectivity index (χ1) is 12.4. The number of hydrogen-bond donors (Lipinski definition) is 1. The minimum atomic E-state index is -0.807. The average molecular weight is 359 g/mol. The fourth-order valence-electron chi connectivity index (χ4n) is 4.04. The molecule has 26 heavy (non-hydrogen) atoms. The van der Waals surface area contributed by atoms with Crippen molar-refractivity contribution in [2.75, 3.05) is 18.5 Å². The Balaban J connectivity index is 1.29. The van der Waals surface area contributed by atoms with Crippen LogP contribution in [0.4, 0.5) is 5.82 Å². The Kier molecular flexibility index (Phi) is 3.86. The molecule has 0 spiro atoms. The van der Waals surface area contributed by atoms with Crippen LogP contribution in [0, 0.1) is 30.6 Å². The molecule has 9 heteroatoms. The first-order valence-electron chi connectivity index (χ1n) is 8.36. The Morgan fingerprint density at radius 2 is 1.92 bits per heavy atom. The molecule has 2 bridgehead atoms. The van der Waals surface area contributed by atoms with E-state index in [4.69, 9.17) is 9.26 Å². The second kappa shape index (κ2) is 6.08. The van der Waals surface area contributed by atoms with Gasteiger partial charge in [0.15, 0.2) is 12.4 Å². The number of imide groups is 1. The lowest BCUT2D eigenvalue weighted by atomic mass is 9.85. The van der Waals surface area contributed by atoms with Crippen molar-refractivity contribution in [3.8, 4) is 0 Å². The van der Waals surface area contributed by atoms with Crippen molar-refractivity contribution in [2.24, 2.45) is 23.7 Å². The first kappa shape index (κ1) is 16.5. The Labute approximate surface area is 148 Å². The number of nitrogens with one attached hydrogen (secondary N) is 1. The van der Waals surface area contributed by atoms with E-state index in [0.29, 0.717) is 5.76 Å². The van der Waals surface area contributed by atoms with E-state index < -0.39 is 25.0 Å². The smallest absolute Gasteiger partial charge is 0.326 e. The Morgan fingerprint density at radius 3 is 2.50 bits per heavy atom. The molecule has 1 aromatic heterocycles. The number of ether oxygens (including phenoxy) is 1. The maximum atomic E-state index is 12.5. The van der Waals surface area contributed by atoms with Gasteiger partial charge < -0.3 is 14.6 Å². The highest BCUT2D eigenvalue weighted by atomic mass is 16.5. The minimum absolute atomic E-state index is 0.0826. The third-order valence-corrected chi connectivity index (χ3v) is 5.11. The topological polar surface area (TPSA) is 119 Å². The summed E-state index contributed by atoms with van der Waals surface area (Å²) in [6.45, 7) is 0.658. The summed E-state index contributed by atoms with van der Waals surface area (Å²) in [4.78, 5) is 49.6. The van der Waals surface area contributed by atoms with Crippen LogP contribution in [0.3, 0.4) is 0 Å². The van der Waals surface area contributed by atoms with Gasteiger partial charge in [0, 0.05) is 6.07 Å². The van der Waals surface area contributed by atoms with Crippen molar-refractivity contribution in [1.29, 1.82) is 0 Å². The number of rotatable bonds is 5. The van der Waals surface area contributed by atoms with Gasteiger partial charge in [-0.1, -0.05) is 17.3 Å². The summed E-state index contributed by atoms with van der Waals surface area (Å²) in [5.41, 5.74) is 0. The van der Waals surface area contributed by atoms with Gasteiger partial charge in [0.25, 0.3) is 5.91 Å². The molecule has 1 saturated heterocycles. The molecular formula is C17H17N3O6. The molecule has 3 amide bonds. The number of hydrogen-bond acceptors (Lipinski definition) is 7. The number of likely N-dealkylation sites (tertiary alicyclic amines) is 1. The fraction of sp³-hybridized carbons (Fsp3) is 0.471. The number of carbonyl (C=O) groups is 4. The minimum Gasteiger partial charge on any atom is -0.454 e. The number of nitrogens with zero attached hydrogens (tertiary/aromatic N) is 2. The van der Waals surface area contributed by atoms with Gasteiger partial charge in [0.1, 0.15) is 12.3 Å². The summed E-state index contributed by atoms with van der Waals surface area (Å²) >= 11 is 0. The largest absolute Gasteiger partial charge is 0.454 e. The number of aryl methyl sites for hydroxylation is 1. The van der Waals surface area contributed by atoms with Crippen molar-refractivity contribution in [3.05, 3.63) is 24.0 Å². The molecule has 4 atom stereocenters. The molecule has 3 aliphatic rings. The van der Waals surface area contributed by atoms with Crippen molar-refractivity contribution < 1.29 is 28.4 Å². The standard InChI is InChI=1S/C17H17N3O6/c1-8-4-11(19-26-8)18-12(21)7-25-13(22)6-20-16(23)14-9-2-3-10(5-9)15(14)17(20)24/h2-4,9-10,14-15H,5-7H2,1H3,(H,18,19,21)/t9-,10-,14+,15+/m0/s1. The number of carbonyl (C=O) groups excluding carboxylic acids is 4. The summed E-state index contributed by atoms with van der Waals surface area (Å²) in [6.07, 6.45) is 4.79. The summed E-state index contributed by atoms with van der Waals surface area (Å²) in [5.74, 6) is -1.86. The quantitative estimate of drug-likeness (QED) is 0.455. The van der Waals surface area contributed by atoms with Gasteiger partial charge in [-0.3, -0.25) is 24.1 Å². The van der Waals surface area contributed by atoms with E-state index >= 15 is 0 Å². The molecule has 0 radical (unpaired) electrons. The SMILES string of the molecule is Cc1cc(NC(=O)COC(=O)CN2C(=O)[C@H]3[C@H](C2=O)[C@H]2C=C[C@H]3C2)no1. The summed E-state index contributed by atoms with van der Waals surface area (Å²) < 4.78 is 9.66. The Hall–Kier alpha value is -2.97. The van der Waals surface area contributed by atoms with Crippen LogP contribution < -0.4 is 5.32 Å². The van der Waals surface area contributed by atoms with E-state index in [9.17, 15) is 19.2 Å². The van der Waals surface area contributed by atoms with E-state index in [-0.39, 0.29) is 41.3 Å². The molecule has 4 rings (SSSR count). The van der Waals surface area contributed by atoms with Crippen LogP contribution in [0.2, 0.25) is 0 Å². The Morgan fingerprint density at radius 1 is 1.27 bits per heavy atom. The maximum Gasteiger partial charge on any atom is 0.326 e. The number of anilines is 1. The molecule has 0 aromatic carbocycles. The first-order valence-corrected chi connectivity index (χ1v) is 8.36. The van der Waals surface area contributed by atoms with E-state index in [1.165, 1.54) is 6.07 Å². The molecule has 2 fully saturated rings. The molecule has 9 nitrogen and oxygen atoms in total. The van der Waals surface area contributed by atoms with E-state index in [1.807, 2.05) is 12.2 Å². The molecular weight excluding hydrogens is 342 g/mol. The van der Waals surface area contributed by atoms with Crippen molar-refractivity contribution in [3.63, 3.8) is 0 Å². The van der Waals surface area contributed by atoms with Gasteiger partial charge in [0.05, 0.1) is 11.8 Å². The van der Waals surface area contributed by atoms with E-state index in [1.54, 1.807) is 6.92 Å². The zero-order valence-electron chi connectivity index (χ0n) is 14.0. The third-order valence-electron chi connectivity index (χ3n) is 5.11. The molecule has 2 aliphatic carbocycles. The highest BCUT2D eigenvalue weighted by Gasteiger charge is 2.59. The van der Waals surface area contributed by atoms with Crippen LogP contribution in [0.15, 0.2) is 22.7 Å². The van der Waals surface area contributed by atoms with E-state index in [0.717, 1.165) is 11.3 Å². The normalized spacial score (nSPS) is 28.6. The van der Waals surface area contributed by atoms with Gasteiger partial charge in [-0.15, -0.1) is 0 Å². The zero-order chi connectivity index (χ0) is 18.4. The lowest BCUT2D eigenvalue weighted by Crippen LogP contribution is -2.38. The molecule has 1 N–H and O–H groups in total. The van der Waals surface area contributed by atoms with Crippen LogP contribution in [-0.4, -0.2) is 46.9 Å². The van der Waals surface area contributed by atoms with Crippen molar-refractivity contribution >= 4 is 29.5 Å². The predicted octanol–water partition coefficient (Wildman–Crippen LogP) is 0.272. The van der Waals surface area contributed by atoms with Crippen molar-refractivity contribution in [2.45, 2.75) is 13.3 Å². The number of fused-ring (bicyclic) bond motifs is 5. The van der Waals surface area contributed by atoms with Crippen LogP contribution in [0.25, 0.3) is 0 Å². The summed E-state index contributed by atoms with van der Waals surface area (Å²) in [5, 5.41) is 5.99. The highest BCUT2D eigenvalue weighted by Crippen LogP contribution is 2.52. The number of allylic oxidation sites excluding steroid dienone is 2. The van der Waals surface area contributed by atoms with Gasteiger partial charge in [-0.05, 0) is 25.2 Å². The van der Waals surface area contributed by atoms with Crippen molar-refractivity contribution in [1.82, 2.24) is 10.1 Å². The molecule has 0 unspecified atom stereocenters. The highest BCUT2D eigenvalue weighted by molar-refractivity contribution is 6.08. The number of aromatic nitrogens is 1. The monoisotopic (exact) mass is 359 g/mol. The number of amides is 3. The van der Waals surface area contributed by atoms with Crippen LogP contribution >= 0.6 is 0 Å². The molecule has 1 saturated carbocycles. The average Bonchev–Trinajstić information content (AvgIpc) is 3.35. The van der Waals surface area contributed by atoms with Crippen LogP contribution in [-0.2, 0) is 23.9 Å². The fourth-order valence-corrected chi connectivity index (χ4v) is 4.04. The van der Waals surface area contributed by atoms with Gasteiger partial charge in [-0.2, -0.15) is 0 Å².